The Hall–Kier alpha value is -2.53. The van der Waals surface area contributed by atoms with Gasteiger partial charge in [0.15, 0.2) is 5.11 Å². The van der Waals surface area contributed by atoms with Crippen molar-refractivity contribution in [3.05, 3.63) is 64.2 Å². The van der Waals surface area contributed by atoms with Crippen LogP contribution in [0.15, 0.2) is 47.5 Å². The standard InChI is InChI=1S/C20H21N3OS/c1-13-4-3-5-17(10-13)22-20(25)21-9-8-16-12-15-7-6-14(2)11-18(15)23-19(16)24/h3-7,10-12,16H,8-9H2,1-2H3,(H2,21,22,25). The average Bonchev–Trinajstić information content (AvgIpc) is 2.55. The number of hydrogen-bond acceptors (Lipinski definition) is 2. The fraction of sp³-hybridized carbons (Fsp3) is 0.250. The summed E-state index contributed by atoms with van der Waals surface area (Å²) in [5.41, 5.74) is 3.24. The molecule has 0 spiro atoms. The van der Waals surface area contributed by atoms with Crippen LogP contribution in [-0.4, -0.2) is 17.6 Å². The van der Waals surface area contributed by atoms with E-state index in [1.54, 1.807) is 0 Å². The minimum Gasteiger partial charge on any atom is -0.362 e. The molecular formula is C20H21N3OS. The van der Waals surface area contributed by atoms with Crippen LogP contribution in [0.1, 0.15) is 17.5 Å². The number of nitrogens with one attached hydrogen (secondary N) is 2. The van der Waals surface area contributed by atoms with Crippen LogP contribution in [0.4, 0.5) is 5.69 Å². The lowest BCUT2D eigenvalue weighted by Crippen LogP contribution is -2.36. The van der Waals surface area contributed by atoms with Crippen LogP contribution in [0, 0.1) is 19.8 Å². The molecule has 0 saturated heterocycles. The van der Waals surface area contributed by atoms with Crippen molar-refractivity contribution in [1.82, 2.24) is 5.32 Å². The quantitative estimate of drug-likeness (QED) is 0.830. The molecule has 0 aromatic heterocycles. The smallest absolute Gasteiger partial charge is 0.253 e. The third-order valence-corrected chi connectivity index (χ3v) is 4.38. The summed E-state index contributed by atoms with van der Waals surface area (Å²) in [6.45, 7) is 4.65. The summed E-state index contributed by atoms with van der Waals surface area (Å²) in [5, 5.41) is 8.66. The Kier molecular flexibility index (Phi) is 5.24. The number of fused-ring (bicyclic) bond motifs is 1. The first-order chi connectivity index (χ1) is 12.0. The van der Waals surface area contributed by atoms with Gasteiger partial charge in [0.25, 0.3) is 5.91 Å². The van der Waals surface area contributed by atoms with E-state index in [0.29, 0.717) is 18.1 Å². The molecule has 3 rings (SSSR count). The van der Waals surface area contributed by atoms with Gasteiger partial charge in [0.1, 0.15) is 0 Å². The number of thiocarbonyl (C=S) groups is 1. The lowest BCUT2D eigenvalue weighted by atomic mass is 10.00. The van der Waals surface area contributed by atoms with E-state index in [-0.39, 0.29) is 11.8 Å². The molecule has 4 nitrogen and oxygen atoms in total. The monoisotopic (exact) mass is 351 g/mol. The number of carbonyl (C=O) groups excluding carboxylic acids is 1. The highest BCUT2D eigenvalue weighted by Crippen LogP contribution is 2.10. The second-order valence-corrected chi connectivity index (χ2v) is 6.73. The highest BCUT2D eigenvalue weighted by molar-refractivity contribution is 7.80. The van der Waals surface area contributed by atoms with Gasteiger partial charge in [-0.2, -0.15) is 0 Å². The summed E-state index contributed by atoms with van der Waals surface area (Å²) < 4.78 is 0. The molecule has 0 aliphatic carbocycles. The van der Waals surface area contributed by atoms with Gasteiger partial charge in [-0.25, -0.2) is 4.99 Å². The van der Waals surface area contributed by atoms with Gasteiger partial charge >= 0.3 is 0 Å². The van der Waals surface area contributed by atoms with Gasteiger partial charge in [0.05, 0.1) is 11.3 Å². The predicted octanol–water partition coefficient (Wildman–Crippen LogP) is 2.24. The largest absolute Gasteiger partial charge is 0.362 e. The van der Waals surface area contributed by atoms with E-state index in [0.717, 1.165) is 21.8 Å². The van der Waals surface area contributed by atoms with Crippen molar-refractivity contribution >= 4 is 35.0 Å². The molecule has 0 bridgehead atoms. The minimum absolute atomic E-state index is 0.0857. The fourth-order valence-electron chi connectivity index (χ4n) is 2.83. The Balaban J connectivity index is 1.56. The highest BCUT2D eigenvalue weighted by Gasteiger charge is 2.18. The van der Waals surface area contributed by atoms with E-state index in [9.17, 15) is 4.79 Å². The molecule has 1 atom stereocenters. The lowest BCUT2D eigenvalue weighted by molar-refractivity contribution is -0.120. The zero-order valence-electron chi connectivity index (χ0n) is 14.4. The maximum absolute atomic E-state index is 12.2. The third-order valence-electron chi connectivity index (χ3n) is 4.13. The fourth-order valence-corrected chi connectivity index (χ4v) is 3.05. The number of rotatable bonds is 4. The van der Waals surface area contributed by atoms with Crippen molar-refractivity contribution in [1.29, 1.82) is 0 Å². The molecule has 2 aromatic carbocycles. The molecule has 1 aliphatic rings. The van der Waals surface area contributed by atoms with E-state index < -0.39 is 0 Å². The van der Waals surface area contributed by atoms with Gasteiger partial charge < -0.3 is 10.6 Å². The Morgan fingerprint density at radius 1 is 1.16 bits per heavy atom. The molecule has 0 fully saturated rings. The van der Waals surface area contributed by atoms with Gasteiger partial charge in [0.2, 0.25) is 0 Å². The van der Waals surface area contributed by atoms with Crippen molar-refractivity contribution in [2.75, 3.05) is 11.9 Å². The van der Waals surface area contributed by atoms with Crippen molar-refractivity contribution in [2.24, 2.45) is 10.9 Å². The number of benzene rings is 2. The van der Waals surface area contributed by atoms with Gasteiger partial charge in [-0.3, -0.25) is 4.79 Å². The first-order valence-electron chi connectivity index (χ1n) is 8.34. The Labute approximate surface area is 152 Å². The predicted molar refractivity (Wildman–Crippen MR) is 105 cm³/mol. The van der Waals surface area contributed by atoms with Crippen LogP contribution < -0.4 is 21.2 Å². The van der Waals surface area contributed by atoms with Gasteiger partial charge in [-0.05, 0) is 67.0 Å². The Bertz CT molecular complexity index is 936. The summed E-state index contributed by atoms with van der Waals surface area (Å²) in [5.74, 6) is -0.290. The molecule has 1 unspecified atom stereocenters. The third kappa shape index (κ3) is 4.51. The van der Waals surface area contributed by atoms with Crippen LogP contribution in [0.3, 0.4) is 0 Å². The number of nitrogens with zero attached hydrogens (tertiary/aromatic N) is 1. The summed E-state index contributed by atoms with van der Waals surface area (Å²) in [4.78, 5) is 16.4. The topological polar surface area (TPSA) is 53.5 Å². The molecule has 0 radical (unpaired) electrons. The van der Waals surface area contributed by atoms with Crippen LogP contribution >= 0.6 is 12.2 Å². The van der Waals surface area contributed by atoms with E-state index >= 15 is 0 Å². The van der Waals surface area contributed by atoms with Crippen molar-refractivity contribution in [3.63, 3.8) is 0 Å². The van der Waals surface area contributed by atoms with E-state index in [1.165, 1.54) is 5.56 Å². The molecule has 1 aliphatic heterocycles. The van der Waals surface area contributed by atoms with Crippen molar-refractivity contribution in [3.8, 4) is 0 Å². The second kappa shape index (κ2) is 7.57. The van der Waals surface area contributed by atoms with E-state index in [4.69, 9.17) is 12.2 Å². The Morgan fingerprint density at radius 3 is 2.76 bits per heavy atom. The molecule has 0 saturated carbocycles. The molecule has 1 amide bonds. The van der Waals surface area contributed by atoms with Crippen LogP contribution in [-0.2, 0) is 4.79 Å². The minimum atomic E-state index is -0.204. The Morgan fingerprint density at radius 2 is 1.96 bits per heavy atom. The normalized spacial score (nSPS) is 15.6. The zero-order chi connectivity index (χ0) is 17.8. The van der Waals surface area contributed by atoms with E-state index in [2.05, 4.69) is 15.6 Å². The van der Waals surface area contributed by atoms with Crippen LogP contribution in [0.2, 0.25) is 0 Å². The van der Waals surface area contributed by atoms with Gasteiger partial charge in [0, 0.05) is 12.2 Å². The first kappa shape index (κ1) is 17.3. The maximum atomic E-state index is 12.2. The van der Waals surface area contributed by atoms with Crippen LogP contribution in [0.5, 0.6) is 0 Å². The zero-order valence-corrected chi connectivity index (χ0v) is 15.2. The second-order valence-electron chi connectivity index (χ2n) is 6.32. The maximum Gasteiger partial charge on any atom is 0.253 e. The van der Waals surface area contributed by atoms with Crippen LogP contribution in [0.25, 0.3) is 6.08 Å². The van der Waals surface area contributed by atoms with Crippen molar-refractivity contribution < 1.29 is 4.79 Å². The number of amides is 1. The molecular weight excluding hydrogens is 330 g/mol. The van der Waals surface area contributed by atoms with Gasteiger partial charge in [-0.15, -0.1) is 0 Å². The summed E-state index contributed by atoms with van der Waals surface area (Å²) in [6, 6.07) is 14.0. The van der Waals surface area contributed by atoms with Gasteiger partial charge in [-0.1, -0.05) is 30.3 Å². The first-order valence-corrected chi connectivity index (χ1v) is 8.75. The van der Waals surface area contributed by atoms with E-state index in [1.807, 2.05) is 62.4 Å². The number of anilines is 1. The SMILES string of the molecule is Cc1cccc(NC(=S)NCCC2C=c3ccc(C)cc3=NC2=O)c1. The number of carbonyl (C=O) groups is 1. The number of hydrogen-bond donors (Lipinski definition) is 2. The molecule has 2 aromatic rings. The molecule has 2 N–H and O–H groups in total. The summed E-state index contributed by atoms with van der Waals surface area (Å²) >= 11 is 5.31. The molecule has 128 valence electrons. The van der Waals surface area contributed by atoms with Crippen molar-refractivity contribution in [2.45, 2.75) is 20.3 Å². The molecule has 5 heteroatoms. The summed E-state index contributed by atoms with van der Waals surface area (Å²) in [7, 11) is 0. The number of aryl methyl sites for hydroxylation is 2. The average molecular weight is 351 g/mol. The molecule has 25 heavy (non-hydrogen) atoms. The highest BCUT2D eigenvalue weighted by atomic mass is 32.1. The molecule has 1 heterocycles. The summed E-state index contributed by atoms with van der Waals surface area (Å²) in [6.07, 6.45) is 2.66. The lowest BCUT2D eigenvalue weighted by Gasteiger charge is -2.15.